The number of carbonyl (C=O) groups excluding carboxylic acids is 1. The number of benzene rings is 2. The molecule has 0 fully saturated rings. The Bertz CT molecular complexity index is 1230. The maximum atomic E-state index is 12.5. The van der Waals surface area contributed by atoms with Gasteiger partial charge in [0, 0.05) is 17.9 Å². The summed E-state index contributed by atoms with van der Waals surface area (Å²) in [5.41, 5.74) is 3.58. The lowest BCUT2D eigenvalue weighted by atomic mass is 9.85. The summed E-state index contributed by atoms with van der Waals surface area (Å²) < 4.78 is 8.03. The molecule has 0 aliphatic carbocycles. The molecule has 3 heterocycles. The topological polar surface area (TPSA) is 89.3 Å². The number of carbonyl (C=O) groups is 1. The molecule has 0 saturated carbocycles. The number of para-hydroxylation sites is 1. The Balaban J connectivity index is 1.66. The number of hydrogen-bond donors (Lipinski definition) is 2. The van der Waals surface area contributed by atoms with Crippen LogP contribution in [0.25, 0.3) is 15.3 Å². The van der Waals surface area contributed by atoms with E-state index in [4.69, 9.17) is 9.84 Å². The number of ether oxygens (including phenoxy) is 1. The molecule has 146 valence electrons. The first-order valence-corrected chi connectivity index (χ1v) is 9.99. The number of phenols is 1. The Morgan fingerprint density at radius 1 is 1.28 bits per heavy atom. The Morgan fingerprint density at radius 3 is 2.90 bits per heavy atom. The number of aryl methyl sites for hydroxylation is 1. The molecule has 7 nitrogen and oxygen atoms in total. The lowest BCUT2D eigenvalue weighted by molar-refractivity contribution is -0.116. The lowest BCUT2D eigenvalue weighted by Crippen LogP contribution is -2.24. The van der Waals surface area contributed by atoms with Gasteiger partial charge < -0.3 is 15.2 Å². The monoisotopic (exact) mass is 406 g/mol. The largest absolute Gasteiger partial charge is 0.504 e. The summed E-state index contributed by atoms with van der Waals surface area (Å²) in [7, 11) is 1.51. The number of fused-ring (bicyclic) bond motifs is 2. The van der Waals surface area contributed by atoms with Crippen molar-refractivity contribution in [3.05, 3.63) is 59.3 Å². The number of methoxy groups -OCH3 is 1. The van der Waals surface area contributed by atoms with E-state index >= 15 is 0 Å². The van der Waals surface area contributed by atoms with Crippen molar-refractivity contribution in [2.75, 3.05) is 12.4 Å². The molecule has 2 aromatic heterocycles. The van der Waals surface area contributed by atoms with Gasteiger partial charge in [-0.05, 0) is 36.8 Å². The third kappa shape index (κ3) is 2.84. The van der Waals surface area contributed by atoms with Gasteiger partial charge in [-0.15, -0.1) is 0 Å². The number of phenolic OH excluding ortho intramolecular Hbond substituents is 1. The Kier molecular flexibility index (Phi) is 4.02. The molecule has 1 aliphatic heterocycles. The minimum absolute atomic E-state index is 0.0682. The van der Waals surface area contributed by atoms with Gasteiger partial charge in [0.05, 0.1) is 23.0 Å². The quantitative estimate of drug-likeness (QED) is 0.537. The van der Waals surface area contributed by atoms with Crippen LogP contribution in [-0.2, 0) is 4.79 Å². The number of aromatic hydroxyl groups is 1. The van der Waals surface area contributed by atoms with E-state index in [0.717, 1.165) is 27.0 Å². The highest BCUT2D eigenvalue weighted by molar-refractivity contribution is 7.20. The molecule has 1 atom stereocenters. The van der Waals surface area contributed by atoms with Crippen molar-refractivity contribution in [3.8, 4) is 16.6 Å². The summed E-state index contributed by atoms with van der Waals surface area (Å²) in [4.78, 5) is 17.2. The number of aromatic nitrogens is 3. The van der Waals surface area contributed by atoms with Crippen molar-refractivity contribution in [3.63, 3.8) is 0 Å². The Labute approximate surface area is 170 Å². The molecule has 0 spiro atoms. The first-order valence-electron chi connectivity index (χ1n) is 9.17. The average molecular weight is 406 g/mol. The highest BCUT2D eigenvalue weighted by Gasteiger charge is 2.33. The number of hydrogen-bond acceptors (Lipinski definition) is 6. The molecule has 0 unspecified atom stereocenters. The van der Waals surface area contributed by atoms with Gasteiger partial charge in [0.1, 0.15) is 5.82 Å². The third-order valence-corrected chi connectivity index (χ3v) is 6.18. The van der Waals surface area contributed by atoms with Crippen molar-refractivity contribution < 1.29 is 14.6 Å². The second-order valence-corrected chi connectivity index (χ2v) is 7.97. The summed E-state index contributed by atoms with van der Waals surface area (Å²) in [6.07, 6.45) is 0.299. The fourth-order valence-electron chi connectivity index (χ4n) is 3.83. The van der Waals surface area contributed by atoms with E-state index in [0.29, 0.717) is 23.1 Å². The van der Waals surface area contributed by atoms with Gasteiger partial charge in [-0.2, -0.15) is 9.78 Å². The maximum Gasteiger partial charge on any atom is 0.226 e. The number of nitrogens with one attached hydrogen (secondary N) is 1. The molecule has 2 N–H and O–H groups in total. The molecule has 5 rings (SSSR count). The molecular formula is C21H18N4O3S. The molecule has 0 saturated heterocycles. The zero-order valence-corrected chi connectivity index (χ0v) is 16.7. The van der Waals surface area contributed by atoms with Gasteiger partial charge in [0.2, 0.25) is 11.0 Å². The molecule has 4 aromatic rings. The Hall–Kier alpha value is -3.39. The van der Waals surface area contributed by atoms with Crippen molar-refractivity contribution >= 4 is 33.3 Å². The molecule has 1 aliphatic rings. The third-order valence-electron chi connectivity index (χ3n) is 5.17. The van der Waals surface area contributed by atoms with Crippen molar-refractivity contribution in [2.45, 2.75) is 19.3 Å². The molecule has 8 heteroatoms. The van der Waals surface area contributed by atoms with Crippen LogP contribution >= 0.6 is 11.3 Å². The molecule has 2 aromatic carbocycles. The van der Waals surface area contributed by atoms with Crippen LogP contribution in [0, 0.1) is 6.92 Å². The van der Waals surface area contributed by atoms with E-state index in [9.17, 15) is 9.90 Å². The summed E-state index contributed by atoms with van der Waals surface area (Å²) in [6.45, 7) is 1.94. The zero-order chi connectivity index (χ0) is 20.1. The van der Waals surface area contributed by atoms with Crippen LogP contribution in [0.5, 0.6) is 11.5 Å². The van der Waals surface area contributed by atoms with Gasteiger partial charge in [0.15, 0.2) is 11.5 Å². The summed E-state index contributed by atoms with van der Waals surface area (Å²) in [6, 6.07) is 13.1. The van der Waals surface area contributed by atoms with E-state index in [1.54, 1.807) is 16.8 Å². The van der Waals surface area contributed by atoms with E-state index in [1.165, 1.54) is 18.4 Å². The van der Waals surface area contributed by atoms with Gasteiger partial charge in [-0.1, -0.05) is 29.5 Å². The number of nitrogens with zero attached hydrogens (tertiary/aromatic N) is 3. The van der Waals surface area contributed by atoms with E-state index < -0.39 is 0 Å². The van der Waals surface area contributed by atoms with E-state index in [1.807, 2.05) is 37.3 Å². The standard InChI is InChI=1S/C21H18N4O3S/c1-11-19-13(12-7-8-15(26)16(9-12)28-2)10-18(27)23-20(19)25(24-11)21-22-14-5-3-4-6-17(14)29-21/h3-9,13,26H,10H2,1-2H3,(H,23,27)/t13-/m1/s1. The van der Waals surface area contributed by atoms with Crippen LogP contribution in [-0.4, -0.2) is 32.9 Å². The number of anilines is 1. The smallest absolute Gasteiger partial charge is 0.226 e. The predicted octanol–water partition coefficient (Wildman–Crippen LogP) is 3.98. The minimum Gasteiger partial charge on any atom is -0.504 e. The normalized spacial score (nSPS) is 15.9. The minimum atomic E-state index is -0.184. The summed E-state index contributed by atoms with van der Waals surface area (Å²) in [5.74, 6) is 0.827. The van der Waals surface area contributed by atoms with Crippen molar-refractivity contribution in [2.24, 2.45) is 0 Å². The zero-order valence-electron chi connectivity index (χ0n) is 15.8. The first kappa shape index (κ1) is 17.7. The number of rotatable bonds is 3. The number of amides is 1. The fourth-order valence-corrected chi connectivity index (χ4v) is 4.76. The fraction of sp³-hybridized carbons (Fsp3) is 0.190. The molecular weight excluding hydrogens is 388 g/mol. The highest BCUT2D eigenvalue weighted by atomic mass is 32.1. The molecule has 29 heavy (non-hydrogen) atoms. The van der Waals surface area contributed by atoms with Crippen molar-refractivity contribution in [1.29, 1.82) is 0 Å². The van der Waals surface area contributed by atoms with Crippen LogP contribution in [0.4, 0.5) is 5.82 Å². The number of thiazole rings is 1. The predicted molar refractivity (Wildman–Crippen MR) is 111 cm³/mol. The lowest BCUT2D eigenvalue weighted by Gasteiger charge is -2.24. The second kappa shape index (κ2) is 6.59. The summed E-state index contributed by atoms with van der Waals surface area (Å²) in [5, 5.41) is 18.3. The van der Waals surface area contributed by atoms with Gasteiger partial charge in [-0.3, -0.25) is 4.79 Å². The van der Waals surface area contributed by atoms with Gasteiger partial charge in [-0.25, -0.2) is 4.98 Å². The van der Waals surface area contributed by atoms with Crippen LogP contribution in [0.15, 0.2) is 42.5 Å². The summed E-state index contributed by atoms with van der Waals surface area (Å²) >= 11 is 1.53. The van der Waals surface area contributed by atoms with Crippen LogP contribution < -0.4 is 10.1 Å². The average Bonchev–Trinajstić information content (AvgIpc) is 3.29. The van der Waals surface area contributed by atoms with Crippen LogP contribution in [0.2, 0.25) is 0 Å². The van der Waals surface area contributed by atoms with E-state index in [2.05, 4.69) is 10.3 Å². The SMILES string of the molecule is COc1cc([C@H]2CC(=O)Nc3c2c(C)nn3-c2nc3ccccc3s2)ccc1O. The highest BCUT2D eigenvalue weighted by Crippen LogP contribution is 2.42. The van der Waals surface area contributed by atoms with Crippen molar-refractivity contribution in [1.82, 2.24) is 14.8 Å². The van der Waals surface area contributed by atoms with Gasteiger partial charge in [0.25, 0.3) is 0 Å². The second-order valence-electron chi connectivity index (χ2n) is 6.96. The maximum absolute atomic E-state index is 12.5. The molecule has 1 amide bonds. The van der Waals surface area contributed by atoms with Crippen LogP contribution in [0.3, 0.4) is 0 Å². The van der Waals surface area contributed by atoms with E-state index in [-0.39, 0.29) is 17.6 Å². The van der Waals surface area contributed by atoms with Gasteiger partial charge >= 0.3 is 0 Å². The molecule has 0 radical (unpaired) electrons. The first-order chi connectivity index (χ1) is 14.0. The molecule has 0 bridgehead atoms. The Morgan fingerprint density at radius 2 is 2.10 bits per heavy atom. The van der Waals surface area contributed by atoms with Crippen LogP contribution in [0.1, 0.15) is 29.2 Å².